The zero-order valence-corrected chi connectivity index (χ0v) is 20.7. The molecule has 5 nitrogen and oxygen atoms in total. The highest BCUT2D eigenvalue weighted by molar-refractivity contribution is 6.30. The van der Waals surface area contributed by atoms with Gasteiger partial charge in [-0.15, -0.1) is 0 Å². The van der Waals surface area contributed by atoms with Crippen LogP contribution in [0.15, 0.2) is 72.8 Å². The molecular formula is C29H30ClN3O2. The van der Waals surface area contributed by atoms with E-state index in [9.17, 15) is 4.79 Å². The van der Waals surface area contributed by atoms with Crippen LogP contribution in [0.3, 0.4) is 0 Å². The fraction of sp³-hybridized carbons (Fsp3) is 0.310. The van der Waals surface area contributed by atoms with Gasteiger partial charge in [0, 0.05) is 36.1 Å². The molecule has 0 radical (unpaired) electrons. The predicted octanol–water partition coefficient (Wildman–Crippen LogP) is 6.63. The Hall–Kier alpha value is -3.31. The van der Waals surface area contributed by atoms with Crippen molar-refractivity contribution in [3.63, 3.8) is 0 Å². The molecular weight excluding hydrogens is 458 g/mol. The molecule has 1 aliphatic rings. The molecule has 3 aromatic carbocycles. The Kier molecular flexibility index (Phi) is 7.05. The van der Waals surface area contributed by atoms with Crippen molar-refractivity contribution in [3.8, 4) is 5.75 Å². The molecule has 0 spiro atoms. The Morgan fingerprint density at radius 1 is 1.00 bits per heavy atom. The summed E-state index contributed by atoms with van der Waals surface area (Å²) in [6.45, 7) is 4.31. The van der Waals surface area contributed by atoms with Gasteiger partial charge in [0.25, 0.3) is 0 Å². The number of amides is 1. The molecule has 1 amide bonds. The van der Waals surface area contributed by atoms with E-state index >= 15 is 0 Å². The molecule has 1 fully saturated rings. The van der Waals surface area contributed by atoms with Crippen LogP contribution in [0, 0.1) is 0 Å². The second-order valence-electron chi connectivity index (χ2n) is 9.05. The van der Waals surface area contributed by atoms with E-state index in [-0.39, 0.29) is 11.8 Å². The van der Waals surface area contributed by atoms with E-state index in [1.54, 1.807) is 0 Å². The number of anilines is 1. The highest BCUT2D eigenvalue weighted by Crippen LogP contribution is 2.33. The van der Waals surface area contributed by atoms with E-state index in [2.05, 4.69) is 29.7 Å². The molecule has 1 unspecified atom stereocenters. The number of ether oxygens (including phenoxy) is 1. The molecule has 1 aromatic heterocycles. The summed E-state index contributed by atoms with van der Waals surface area (Å²) in [5.74, 6) is 2.09. The van der Waals surface area contributed by atoms with Crippen molar-refractivity contribution < 1.29 is 9.53 Å². The highest BCUT2D eigenvalue weighted by Gasteiger charge is 2.34. The number of carbonyl (C=O) groups is 1. The minimum absolute atomic E-state index is 0.0545. The Morgan fingerprint density at radius 3 is 2.54 bits per heavy atom. The Labute approximate surface area is 211 Å². The minimum Gasteiger partial charge on any atom is -0.494 e. The topological polar surface area (TPSA) is 47.4 Å². The van der Waals surface area contributed by atoms with Gasteiger partial charge < -0.3 is 14.2 Å². The van der Waals surface area contributed by atoms with Crippen molar-refractivity contribution in [2.24, 2.45) is 0 Å². The standard InChI is InChI=1S/C29H30ClN3O2/c1-2-21-9-15-25(16-10-21)35-18-6-5-17-32-27-8-4-3-7-26(27)31-29(32)22-19-28(34)33(20-22)24-13-11-23(30)12-14-24/h3-4,7-16,22H,2,5-6,17-20H2,1H3. The van der Waals surface area contributed by atoms with E-state index in [4.69, 9.17) is 21.3 Å². The number of aromatic nitrogens is 2. The quantitative estimate of drug-likeness (QED) is 0.249. The number of para-hydroxylation sites is 2. The van der Waals surface area contributed by atoms with Gasteiger partial charge in [0.1, 0.15) is 11.6 Å². The van der Waals surface area contributed by atoms with Crippen molar-refractivity contribution in [1.82, 2.24) is 9.55 Å². The van der Waals surface area contributed by atoms with Crippen molar-refractivity contribution in [2.75, 3.05) is 18.1 Å². The van der Waals surface area contributed by atoms with E-state index in [0.29, 0.717) is 24.6 Å². The number of hydrogen-bond donors (Lipinski definition) is 0. The maximum Gasteiger partial charge on any atom is 0.227 e. The van der Waals surface area contributed by atoms with Crippen molar-refractivity contribution in [3.05, 3.63) is 89.2 Å². The zero-order valence-electron chi connectivity index (χ0n) is 20.0. The number of imidazole rings is 1. The molecule has 5 rings (SSSR count). The maximum absolute atomic E-state index is 12.9. The van der Waals surface area contributed by atoms with Gasteiger partial charge in [-0.25, -0.2) is 4.98 Å². The summed E-state index contributed by atoms with van der Waals surface area (Å²) in [6.07, 6.45) is 3.41. The fourth-order valence-corrected chi connectivity index (χ4v) is 4.90. The van der Waals surface area contributed by atoms with E-state index in [0.717, 1.165) is 54.1 Å². The average molecular weight is 488 g/mol. The summed E-state index contributed by atoms with van der Waals surface area (Å²) in [6, 6.07) is 24.0. The summed E-state index contributed by atoms with van der Waals surface area (Å²) < 4.78 is 8.24. The van der Waals surface area contributed by atoms with Crippen LogP contribution in [0.2, 0.25) is 5.02 Å². The van der Waals surface area contributed by atoms with Crippen LogP contribution in [0.5, 0.6) is 5.75 Å². The van der Waals surface area contributed by atoms with Gasteiger partial charge in [-0.3, -0.25) is 4.79 Å². The molecule has 0 saturated carbocycles. The van der Waals surface area contributed by atoms with Crippen LogP contribution >= 0.6 is 11.6 Å². The molecule has 6 heteroatoms. The normalized spacial score (nSPS) is 15.8. The number of carbonyl (C=O) groups excluding carboxylic acids is 1. The fourth-order valence-electron chi connectivity index (χ4n) is 4.78. The monoisotopic (exact) mass is 487 g/mol. The van der Waals surface area contributed by atoms with Gasteiger partial charge in [-0.05, 0) is 73.4 Å². The van der Waals surface area contributed by atoms with Crippen LogP contribution in [0.1, 0.15) is 43.5 Å². The summed E-state index contributed by atoms with van der Waals surface area (Å²) in [5, 5.41) is 0.667. The van der Waals surface area contributed by atoms with Crippen LogP contribution in [0.4, 0.5) is 5.69 Å². The molecule has 0 N–H and O–H groups in total. The second kappa shape index (κ2) is 10.5. The number of nitrogens with zero attached hydrogens (tertiary/aromatic N) is 3. The van der Waals surface area contributed by atoms with Crippen LogP contribution < -0.4 is 9.64 Å². The third-order valence-electron chi connectivity index (χ3n) is 6.69. The van der Waals surface area contributed by atoms with E-state index < -0.39 is 0 Å². The van der Waals surface area contributed by atoms with Crippen molar-refractivity contribution in [2.45, 2.75) is 45.1 Å². The van der Waals surface area contributed by atoms with Crippen LogP contribution in [-0.2, 0) is 17.8 Å². The molecule has 0 bridgehead atoms. The third-order valence-corrected chi connectivity index (χ3v) is 6.94. The molecule has 1 atom stereocenters. The number of rotatable bonds is 9. The molecule has 180 valence electrons. The van der Waals surface area contributed by atoms with Gasteiger partial charge >= 0.3 is 0 Å². The second-order valence-corrected chi connectivity index (χ2v) is 9.48. The van der Waals surface area contributed by atoms with Gasteiger partial charge in [0.15, 0.2) is 0 Å². The number of halogens is 1. The van der Waals surface area contributed by atoms with E-state index in [1.165, 1.54) is 5.56 Å². The number of aryl methyl sites for hydroxylation is 2. The highest BCUT2D eigenvalue weighted by atomic mass is 35.5. The van der Waals surface area contributed by atoms with Crippen molar-refractivity contribution >= 4 is 34.2 Å². The number of hydrogen-bond acceptors (Lipinski definition) is 3. The summed E-state index contributed by atoms with van der Waals surface area (Å²) >= 11 is 6.04. The smallest absolute Gasteiger partial charge is 0.227 e. The first-order chi connectivity index (χ1) is 17.1. The number of benzene rings is 3. The largest absolute Gasteiger partial charge is 0.494 e. The molecule has 1 saturated heterocycles. The van der Waals surface area contributed by atoms with E-state index in [1.807, 2.05) is 59.5 Å². The summed E-state index contributed by atoms with van der Waals surface area (Å²) in [7, 11) is 0. The summed E-state index contributed by atoms with van der Waals surface area (Å²) in [5.41, 5.74) is 4.30. The lowest BCUT2D eigenvalue weighted by Crippen LogP contribution is -2.24. The number of fused-ring (bicyclic) bond motifs is 1. The van der Waals surface area contributed by atoms with Gasteiger partial charge in [0.05, 0.1) is 17.6 Å². The van der Waals surface area contributed by atoms with Gasteiger partial charge in [-0.2, -0.15) is 0 Å². The minimum atomic E-state index is 0.0545. The van der Waals surface area contributed by atoms with Gasteiger partial charge in [-0.1, -0.05) is 42.8 Å². The molecule has 2 heterocycles. The number of unbranched alkanes of at least 4 members (excludes halogenated alkanes) is 1. The first-order valence-electron chi connectivity index (χ1n) is 12.3. The van der Waals surface area contributed by atoms with Crippen LogP contribution in [0.25, 0.3) is 11.0 Å². The van der Waals surface area contributed by atoms with Crippen molar-refractivity contribution in [1.29, 1.82) is 0 Å². The molecule has 35 heavy (non-hydrogen) atoms. The lowest BCUT2D eigenvalue weighted by Gasteiger charge is -2.17. The summed E-state index contributed by atoms with van der Waals surface area (Å²) in [4.78, 5) is 19.7. The average Bonchev–Trinajstić information content (AvgIpc) is 3.45. The lowest BCUT2D eigenvalue weighted by atomic mass is 10.1. The molecule has 0 aliphatic carbocycles. The Morgan fingerprint density at radius 2 is 1.77 bits per heavy atom. The first kappa shape index (κ1) is 23.4. The Balaban J connectivity index is 1.26. The SMILES string of the molecule is CCc1ccc(OCCCCn2c(C3CC(=O)N(c4ccc(Cl)cc4)C3)nc3ccccc32)cc1. The third kappa shape index (κ3) is 5.20. The first-order valence-corrected chi connectivity index (χ1v) is 12.7. The Bertz CT molecular complexity index is 1300. The predicted molar refractivity (Wildman–Crippen MR) is 141 cm³/mol. The van der Waals surface area contributed by atoms with Crippen LogP contribution in [-0.4, -0.2) is 28.6 Å². The molecule has 4 aromatic rings. The maximum atomic E-state index is 12.9. The molecule has 1 aliphatic heterocycles. The lowest BCUT2D eigenvalue weighted by molar-refractivity contribution is -0.117. The zero-order chi connectivity index (χ0) is 24.2. The van der Waals surface area contributed by atoms with Gasteiger partial charge in [0.2, 0.25) is 5.91 Å².